The Labute approximate surface area is 626 Å². The number of carbonyl (C=O) groups excluding carboxylic acids is 5. The summed E-state index contributed by atoms with van der Waals surface area (Å²) in [7, 11) is 0. The van der Waals surface area contributed by atoms with E-state index >= 15 is 0 Å². The van der Waals surface area contributed by atoms with E-state index in [1.807, 2.05) is 96.9 Å². The quantitative estimate of drug-likeness (QED) is 0.0528. The predicted octanol–water partition coefficient (Wildman–Crippen LogP) is 22.0. The van der Waals surface area contributed by atoms with Crippen molar-refractivity contribution in [3.63, 3.8) is 0 Å². The molecule has 0 radical (unpaired) electrons. The molecule has 0 amide bonds. The highest BCUT2D eigenvalue weighted by Gasteiger charge is 2.75. The number of esters is 5. The summed E-state index contributed by atoms with van der Waals surface area (Å²) in [6.07, 6.45) is 36.7. The molecular formula is C92H150O11. The van der Waals surface area contributed by atoms with Crippen LogP contribution in [0, 0.1) is 175 Å². The van der Waals surface area contributed by atoms with Crippen LogP contribution in [-0.4, -0.2) is 64.6 Å². The zero-order chi connectivity index (χ0) is 74.6. The molecule has 21 aliphatic rings. The first-order valence-corrected chi connectivity index (χ1v) is 43.9. The van der Waals surface area contributed by atoms with Crippen molar-refractivity contribution in [3.8, 4) is 0 Å². The van der Waals surface area contributed by atoms with Gasteiger partial charge in [0.05, 0.1) is 33.2 Å². The smallest absolute Gasteiger partial charge is 0.313 e. The maximum absolute atomic E-state index is 13.0. The van der Waals surface area contributed by atoms with E-state index in [2.05, 4.69) is 55.4 Å². The van der Waals surface area contributed by atoms with Gasteiger partial charge in [0.15, 0.2) is 6.29 Å². The van der Waals surface area contributed by atoms with Gasteiger partial charge in [0, 0.05) is 17.3 Å². The highest BCUT2D eigenvalue weighted by atomic mass is 16.7. The van der Waals surface area contributed by atoms with Crippen molar-refractivity contribution in [3.05, 3.63) is 0 Å². The third-order valence-corrected chi connectivity index (χ3v) is 35.9. The maximum Gasteiger partial charge on any atom is 0.313 e. The van der Waals surface area contributed by atoms with Crippen LogP contribution in [0.2, 0.25) is 0 Å². The van der Waals surface area contributed by atoms with Gasteiger partial charge in [0.1, 0.15) is 22.4 Å². The average Bonchev–Trinajstić information content (AvgIpc) is 1.55. The molecule has 0 heterocycles. The topological polar surface area (TPSA) is 141 Å². The number of fused-ring (bicyclic) bond motifs is 11. The van der Waals surface area contributed by atoms with E-state index in [0.717, 1.165) is 169 Å². The molecule has 0 aromatic heterocycles. The summed E-state index contributed by atoms with van der Waals surface area (Å²) >= 11 is 0. The lowest BCUT2D eigenvalue weighted by Crippen LogP contribution is -2.73. The molecule has 0 aromatic rings. The zero-order valence-electron chi connectivity index (χ0n) is 69.5. The summed E-state index contributed by atoms with van der Waals surface area (Å²) in [5.41, 5.74) is -2.47. The molecule has 22 bridgehead atoms. The molecule has 21 fully saturated rings. The van der Waals surface area contributed by atoms with Crippen molar-refractivity contribution in [1.82, 2.24) is 0 Å². The first-order chi connectivity index (χ1) is 48.1. The molecule has 0 saturated heterocycles. The minimum Gasteiger partial charge on any atom is -0.459 e. The molecule has 103 heavy (non-hydrogen) atoms. The second-order valence-corrected chi connectivity index (χ2v) is 44.0. The van der Waals surface area contributed by atoms with Crippen LogP contribution < -0.4 is 0 Å². The van der Waals surface area contributed by atoms with Crippen molar-refractivity contribution in [2.45, 2.75) is 373 Å². The molecule has 0 N–H and O–H groups in total. The summed E-state index contributed by atoms with van der Waals surface area (Å²) in [5, 5.41) is 0. The van der Waals surface area contributed by atoms with Crippen LogP contribution >= 0.6 is 0 Å². The molecule has 0 aliphatic heterocycles. The fraction of sp³-hybridized carbons (Fsp3) is 0.946. The molecule has 0 spiro atoms. The first kappa shape index (κ1) is 78.4. The van der Waals surface area contributed by atoms with Gasteiger partial charge in [-0.15, -0.1) is 0 Å². The number of rotatable bonds is 19. The molecule has 11 heteroatoms. The van der Waals surface area contributed by atoms with Gasteiger partial charge in [-0.25, -0.2) is 0 Å². The van der Waals surface area contributed by atoms with Crippen molar-refractivity contribution < 1.29 is 52.4 Å². The van der Waals surface area contributed by atoms with Gasteiger partial charge in [-0.3, -0.25) is 24.0 Å². The Balaban J connectivity index is 0.000000116. The monoisotopic (exact) mass is 1430 g/mol. The Morgan fingerprint density at radius 1 is 0.408 bits per heavy atom. The van der Waals surface area contributed by atoms with Crippen LogP contribution in [-0.2, 0) is 52.4 Å². The molecule has 20 atom stereocenters. The van der Waals surface area contributed by atoms with Gasteiger partial charge in [-0.2, -0.15) is 0 Å². The summed E-state index contributed by atoms with van der Waals surface area (Å²) in [6, 6.07) is 0. The SMILES string of the molecule is CCC(C)(C)C(=O)OC(C)(C)C12CC3CC4C5CC(CC41)CC2C5C3.CCC(C)(C)C(=O)OC(C)(C)C1CC2CCC1C2.CCC(C)(C)C(=O)OC(C)OC1CC2CC1C1C3CCC(C3)C21.CCC(C)(C)C(=O)OC1(C)C2CC3C4CC5CC3C1C(C5)C4C2.CCC(C)(C)C(=O)OC1(C)CCCC1. The Morgan fingerprint density at radius 2 is 0.864 bits per heavy atom. The minimum atomic E-state index is -0.415. The zero-order valence-corrected chi connectivity index (χ0v) is 69.5. The summed E-state index contributed by atoms with van der Waals surface area (Å²) < 4.78 is 36.2. The maximum atomic E-state index is 13.0. The van der Waals surface area contributed by atoms with E-state index in [9.17, 15) is 24.0 Å². The van der Waals surface area contributed by atoms with Crippen LogP contribution in [0.15, 0.2) is 0 Å². The van der Waals surface area contributed by atoms with Crippen molar-refractivity contribution in [2.24, 2.45) is 175 Å². The number of ether oxygens (including phenoxy) is 6. The number of carbonyl (C=O) groups is 5. The van der Waals surface area contributed by atoms with Gasteiger partial charge in [0.25, 0.3) is 0 Å². The highest BCUT2D eigenvalue weighted by molar-refractivity contribution is 5.78. The molecule has 21 aliphatic carbocycles. The van der Waals surface area contributed by atoms with Gasteiger partial charge >= 0.3 is 29.8 Å². The van der Waals surface area contributed by atoms with E-state index in [0.29, 0.717) is 23.9 Å². The number of hydrogen-bond donors (Lipinski definition) is 0. The van der Waals surface area contributed by atoms with Gasteiger partial charge in [-0.1, -0.05) is 41.0 Å². The van der Waals surface area contributed by atoms with Crippen molar-refractivity contribution in [2.75, 3.05) is 0 Å². The second kappa shape index (κ2) is 28.0. The van der Waals surface area contributed by atoms with E-state index in [-0.39, 0.29) is 79.3 Å². The molecule has 0 aromatic carbocycles. The van der Waals surface area contributed by atoms with Crippen LogP contribution in [0.1, 0.15) is 339 Å². The van der Waals surface area contributed by atoms with Crippen LogP contribution in [0.4, 0.5) is 0 Å². The summed E-state index contributed by atoms with van der Waals surface area (Å²) in [5.74, 6) is 21.2. The van der Waals surface area contributed by atoms with Gasteiger partial charge in [-0.05, 0) is 428 Å². The Hall–Kier alpha value is -2.69. The summed E-state index contributed by atoms with van der Waals surface area (Å²) in [4.78, 5) is 62.2. The lowest BCUT2D eigenvalue weighted by Gasteiger charge is -2.77. The molecule has 11 nitrogen and oxygen atoms in total. The van der Waals surface area contributed by atoms with Crippen LogP contribution in [0.5, 0.6) is 0 Å². The highest BCUT2D eigenvalue weighted by Crippen LogP contribution is 2.79. The largest absolute Gasteiger partial charge is 0.459 e. The molecule has 21 saturated carbocycles. The Kier molecular flexibility index (Phi) is 21.3. The lowest BCUT2D eigenvalue weighted by molar-refractivity contribution is -0.309. The van der Waals surface area contributed by atoms with Crippen LogP contribution in [0.3, 0.4) is 0 Å². The Bertz CT molecular complexity index is 3060. The van der Waals surface area contributed by atoms with Crippen LogP contribution in [0.25, 0.3) is 0 Å². The molecule has 20 unspecified atom stereocenters. The fourth-order valence-corrected chi connectivity index (χ4v) is 28.4. The minimum absolute atomic E-state index is 0.0268. The number of hydrogen-bond acceptors (Lipinski definition) is 11. The molecular weight excluding hydrogens is 1280 g/mol. The van der Waals surface area contributed by atoms with Crippen molar-refractivity contribution in [1.29, 1.82) is 0 Å². The van der Waals surface area contributed by atoms with Crippen molar-refractivity contribution >= 4 is 29.8 Å². The second-order valence-electron chi connectivity index (χ2n) is 44.0. The fourth-order valence-electron chi connectivity index (χ4n) is 28.4. The summed E-state index contributed by atoms with van der Waals surface area (Å²) in [6.45, 7) is 45.3. The average molecular weight is 1430 g/mol. The molecule has 584 valence electrons. The van der Waals surface area contributed by atoms with E-state index in [4.69, 9.17) is 28.4 Å². The lowest BCUT2D eigenvalue weighted by atomic mass is 9.28. The van der Waals surface area contributed by atoms with E-state index in [1.54, 1.807) is 0 Å². The first-order valence-electron chi connectivity index (χ1n) is 43.9. The normalized spacial score (nSPS) is 43.0. The van der Waals surface area contributed by atoms with Gasteiger partial charge < -0.3 is 28.4 Å². The predicted molar refractivity (Wildman–Crippen MR) is 407 cm³/mol. The third kappa shape index (κ3) is 13.8. The van der Waals surface area contributed by atoms with E-state index < -0.39 is 11.7 Å². The Morgan fingerprint density at radius 3 is 1.39 bits per heavy atom. The van der Waals surface area contributed by atoms with Gasteiger partial charge in [0.2, 0.25) is 0 Å². The standard InChI is InChI=1S/C23H36O2.C21H32O2.C20H32O3.C16H28O2.C12H22O2/c1-6-21(2,3)20(24)25-22(4,5)23-12-14-8-16-15-7-13(10-18(16)23)11-19(23)17(15)9-14;1-5-20(2,3)19(22)23-21(4)12-9-14-13-6-11-7-16(14)18(21)17(8-11)15(13)10-12;1-5-20(3,4)19(21)23-11(2)22-16-10-14-9-15(16)18-13-7-6-12(8-13)17(14)18;1-6-15(2,3)14(17)18-16(4,5)13-10-11-7-8-12(13)9-11;1-5-11(2,3)10(13)14-12(4)8-6-7-9-12/h13-19H,6-12H2,1-5H3;2*11-18H,5-10H2,1-4H3;11-13H,6-10H2,1-5H3;5-9H2,1-4H3. The molecule has 21 rings (SSSR count). The van der Waals surface area contributed by atoms with E-state index in [1.165, 1.54) is 141 Å². The third-order valence-electron chi connectivity index (χ3n) is 35.9.